The van der Waals surface area contributed by atoms with Crippen LogP contribution in [0.1, 0.15) is 13.3 Å². The van der Waals surface area contributed by atoms with Crippen molar-refractivity contribution in [3.8, 4) is 0 Å². The molecule has 0 aliphatic heterocycles. The van der Waals surface area contributed by atoms with Gasteiger partial charge in [0.25, 0.3) is 0 Å². The summed E-state index contributed by atoms with van der Waals surface area (Å²) in [5.74, 6) is 2.35. The van der Waals surface area contributed by atoms with Crippen LogP contribution in [0.3, 0.4) is 0 Å². The molecule has 15 heavy (non-hydrogen) atoms. The van der Waals surface area contributed by atoms with Crippen LogP contribution in [-0.4, -0.2) is 28.0 Å². The van der Waals surface area contributed by atoms with Gasteiger partial charge in [0.15, 0.2) is 0 Å². The van der Waals surface area contributed by atoms with Gasteiger partial charge in [-0.3, -0.25) is 0 Å². The lowest BCUT2D eigenvalue weighted by Crippen LogP contribution is -2.17. The van der Waals surface area contributed by atoms with Crippen molar-refractivity contribution in [2.75, 3.05) is 23.1 Å². The molecule has 0 spiro atoms. The van der Waals surface area contributed by atoms with Crippen LogP contribution >= 0.6 is 27.7 Å². The Morgan fingerprint density at radius 3 is 3.00 bits per heavy atom. The number of rotatable bonds is 5. The molecule has 0 aliphatic rings. The number of halogens is 1. The second-order valence-corrected chi connectivity index (χ2v) is 5.03. The summed E-state index contributed by atoms with van der Waals surface area (Å²) in [6.07, 6.45) is 4.66. The van der Waals surface area contributed by atoms with E-state index in [-0.39, 0.29) is 0 Å². The van der Waals surface area contributed by atoms with Crippen molar-refractivity contribution in [2.24, 2.45) is 0 Å². The number of nitrogens with zero attached hydrogens (tertiary/aromatic N) is 2. The van der Waals surface area contributed by atoms with E-state index in [2.05, 4.69) is 44.4 Å². The van der Waals surface area contributed by atoms with Gasteiger partial charge in [-0.15, -0.1) is 0 Å². The minimum Gasteiger partial charge on any atom is -0.383 e. The maximum absolute atomic E-state index is 5.65. The minimum absolute atomic E-state index is 0.378. The Morgan fingerprint density at radius 1 is 1.60 bits per heavy atom. The molecule has 0 aliphatic carbocycles. The maximum atomic E-state index is 5.65. The zero-order valence-electron chi connectivity index (χ0n) is 8.83. The molecule has 6 heteroatoms. The summed E-state index contributed by atoms with van der Waals surface area (Å²) < 4.78 is 0.737. The van der Waals surface area contributed by atoms with Gasteiger partial charge in [-0.2, -0.15) is 11.8 Å². The van der Waals surface area contributed by atoms with Crippen molar-refractivity contribution in [3.05, 3.63) is 10.8 Å². The third-order valence-electron chi connectivity index (χ3n) is 1.95. The SMILES string of the molecule is CSCCC(C)Nc1ncnc(N)c1Br. The van der Waals surface area contributed by atoms with Crippen LogP contribution in [0.5, 0.6) is 0 Å². The van der Waals surface area contributed by atoms with Crippen molar-refractivity contribution >= 4 is 39.3 Å². The van der Waals surface area contributed by atoms with E-state index in [1.807, 2.05) is 11.8 Å². The molecule has 0 bridgehead atoms. The molecule has 1 unspecified atom stereocenters. The highest BCUT2D eigenvalue weighted by atomic mass is 79.9. The lowest BCUT2D eigenvalue weighted by molar-refractivity contribution is 0.765. The zero-order chi connectivity index (χ0) is 11.3. The molecule has 0 saturated heterocycles. The average Bonchev–Trinajstić information content (AvgIpc) is 2.22. The van der Waals surface area contributed by atoms with E-state index in [4.69, 9.17) is 5.73 Å². The Hall–Kier alpha value is -0.490. The molecule has 1 aromatic rings. The number of nitrogens with one attached hydrogen (secondary N) is 1. The first kappa shape index (κ1) is 12.6. The summed E-state index contributed by atoms with van der Waals surface area (Å²) in [6.45, 7) is 2.13. The van der Waals surface area contributed by atoms with Gasteiger partial charge in [0.1, 0.15) is 22.4 Å². The molecule has 0 saturated carbocycles. The molecular formula is C9H15BrN4S. The molecule has 1 rings (SSSR count). The molecule has 0 aromatic carbocycles. The topological polar surface area (TPSA) is 63.8 Å². The smallest absolute Gasteiger partial charge is 0.146 e. The van der Waals surface area contributed by atoms with Gasteiger partial charge in [-0.05, 0) is 41.3 Å². The molecule has 0 amide bonds. The van der Waals surface area contributed by atoms with Crippen LogP contribution in [0.25, 0.3) is 0 Å². The van der Waals surface area contributed by atoms with Crippen molar-refractivity contribution < 1.29 is 0 Å². The Labute approximate surface area is 103 Å². The number of nitrogens with two attached hydrogens (primary N) is 1. The van der Waals surface area contributed by atoms with Crippen LogP contribution < -0.4 is 11.1 Å². The summed E-state index contributed by atoms with van der Waals surface area (Å²) in [4.78, 5) is 8.02. The summed E-state index contributed by atoms with van der Waals surface area (Å²) in [5, 5.41) is 3.29. The van der Waals surface area contributed by atoms with E-state index in [0.29, 0.717) is 11.9 Å². The highest BCUT2D eigenvalue weighted by Crippen LogP contribution is 2.24. The highest BCUT2D eigenvalue weighted by Gasteiger charge is 2.08. The maximum Gasteiger partial charge on any atom is 0.146 e. The quantitative estimate of drug-likeness (QED) is 0.872. The van der Waals surface area contributed by atoms with Crippen molar-refractivity contribution in [1.29, 1.82) is 0 Å². The number of aromatic nitrogens is 2. The number of anilines is 2. The van der Waals surface area contributed by atoms with E-state index in [9.17, 15) is 0 Å². The van der Waals surface area contributed by atoms with E-state index < -0.39 is 0 Å². The Bertz CT molecular complexity index is 321. The molecule has 1 heterocycles. The van der Waals surface area contributed by atoms with Gasteiger partial charge in [0, 0.05) is 6.04 Å². The fraction of sp³-hybridized carbons (Fsp3) is 0.556. The van der Waals surface area contributed by atoms with Crippen molar-refractivity contribution in [3.63, 3.8) is 0 Å². The van der Waals surface area contributed by atoms with Gasteiger partial charge in [-0.25, -0.2) is 9.97 Å². The summed E-state index contributed by atoms with van der Waals surface area (Å²) in [7, 11) is 0. The fourth-order valence-electron chi connectivity index (χ4n) is 1.08. The van der Waals surface area contributed by atoms with E-state index in [1.165, 1.54) is 6.33 Å². The van der Waals surface area contributed by atoms with Gasteiger partial charge < -0.3 is 11.1 Å². The second kappa shape index (κ2) is 6.17. The number of nitrogen functional groups attached to an aromatic ring is 1. The van der Waals surface area contributed by atoms with Gasteiger partial charge in [0.05, 0.1) is 0 Å². The lowest BCUT2D eigenvalue weighted by Gasteiger charge is -2.15. The molecule has 84 valence electrons. The number of hydrogen-bond donors (Lipinski definition) is 2. The standard InChI is InChI=1S/C9H15BrN4S/c1-6(3-4-15-2)14-9-7(10)8(11)12-5-13-9/h5-6H,3-4H2,1-2H3,(H3,11,12,13,14). The second-order valence-electron chi connectivity index (χ2n) is 3.25. The van der Waals surface area contributed by atoms with E-state index in [0.717, 1.165) is 22.5 Å². The van der Waals surface area contributed by atoms with Crippen LogP contribution in [-0.2, 0) is 0 Å². The zero-order valence-corrected chi connectivity index (χ0v) is 11.2. The minimum atomic E-state index is 0.378. The first-order valence-electron chi connectivity index (χ1n) is 4.66. The summed E-state index contributed by atoms with van der Waals surface area (Å²) >= 11 is 5.20. The van der Waals surface area contributed by atoms with E-state index in [1.54, 1.807) is 0 Å². The first-order chi connectivity index (χ1) is 7.15. The molecule has 1 atom stereocenters. The van der Waals surface area contributed by atoms with Crippen LogP contribution in [0.4, 0.5) is 11.6 Å². The van der Waals surface area contributed by atoms with Crippen molar-refractivity contribution in [2.45, 2.75) is 19.4 Å². The molecule has 0 radical (unpaired) electrons. The summed E-state index contributed by atoms with van der Waals surface area (Å²) in [6, 6.07) is 0.378. The predicted octanol–water partition coefficient (Wildman–Crippen LogP) is 2.37. The monoisotopic (exact) mass is 290 g/mol. The van der Waals surface area contributed by atoms with Crippen LogP contribution in [0.15, 0.2) is 10.8 Å². The Morgan fingerprint density at radius 2 is 2.33 bits per heavy atom. The highest BCUT2D eigenvalue weighted by molar-refractivity contribution is 9.10. The average molecular weight is 291 g/mol. The largest absolute Gasteiger partial charge is 0.383 e. The molecular weight excluding hydrogens is 276 g/mol. The Kier molecular flexibility index (Phi) is 5.17. The Balaban J connectivity index is 2.60. The van der Waals surface area contributed by atoms with E-state index >= 15 is 0 Å². The third kappa shape index (κ3) is 3.87. The normalized spacial score (nSPS) is 12.5. The lowest BCUT2D eigenvalue weighted by atomic mass is 10.2. The van der Waals surface area contributed by atoms with Gasteiger partial charge in [-0.1, -0.05) is 0 Å². The van der Waals surface area contributed by atoms with Crippen LogP contribution in [0.2, 0.25) is 0 Å². The van der Waals surface area contributed by atoms with Crippen LogP contribution in [0, 0.1) is 0 Å². The first-order valence-corrected chi connectivity index (χ1v) is 6.85. The summed E-state index contributed by atoms with van der Waals surface area (Å²) in [5.41, 5.74) is 5.65. The van der Waals surface area contributed by atoms with Crippen molar-refractivity contribution in [1.82, 2.24) is 9.97 Å². The number of hydrogen-bond acceptors (Lipinski definition) is 5. The van der Waals surface area contributed by atoms with Gasteiger partial charge >= 0.3 is 0 Å². The molecule has 0 fully saturated rings. The predicted molar refractivity (Wildman–Crippen MR) is 70.2 cm³/mol. The molecule has 3 N–H and O–H groups in total. The molecule has 1 aromatic heterocycles. The molecule has 4 nitrogen and oxygen atoms in total. The van der Waals surface area contributed by atoms with Gasteiger partial charge in [0.2, 0.25) is 0 Å². The third-order valence-corrected chi connectivity index (χ3v) is 3.38. The fourth-order valence-corrected chi connectivity index (χ4v) is 1.99. The number of thioether (sulfide) groups is 1.